The maximum atomic E-state index is 5.70. The first-order valence-electron chi connectivity index (χ1n) is 7.27. The quantitative estimate of drug-likeness (QED) is 0.819. The fraction of sp³-hybridized carbons (Fsp3) is 0.714. The second-order valence-electron chi connectivity index (χ2n) is 4.84. The summed E-state index contributed by atoms with van der Waals surface area (Å²) in [7, 11) is 0. The Morgan fingerprint density at radius 2 is 2.37 bits per heavy atom. The third-order valence-electron chi connectivity index (χ3n) is 3.33. The van der Waals surface area contributed by atoms with Crippen molar-refractivity contribution in [3.8, 4) is 0 Å². The van der Waals surface area contributed by atoms with Gasteiger partial charge in [-0.2, -0.15) is 4.98 Å². The van der Waals surface area contributed by atoms with E-state index in [0.717, 1.165) is 44.9 Å². The van der Waals surface area contributed by atoms with Gasteiger partial charge >= 0.3 is 0 Å². The molecule has 1 aliphatic rings. The Hall–Kier alpha value is -1.36. The van der Waals surface area contributed by atoms with E-state index in [0.29, 0.717) is 12.1 Å². The molecule has 1 aromatic rings. The number of nitrogens with zero attached hydrogens (tertiary/aromatic N) is 3. The molecule has 19 heavy (non-hydrogen) atoms. The van der Waals surface area contributed by atoms with Gasteiger partial charge in [-0.05, 0) is 32.3 Å². The van der Waals surface area contributed by atoms with Crippen molar-refractivity contribution in [3.63, 3.8) is 0 Å². The molecular weight excluding hydrogens is 240 g/mol. The van der Waals surface area contributed by atoms with Crippen molar-refractivity contribution < 1.29 is 4.74 Å². The summed E-state index contributed by atoms with van der Waals surface area (Å²) in [4.78, 5) is 11.1. The van der Waals surface area contributed by atoms with Crippen molar-refractivity contribution in [3.05, 3.63) is 12.3 Å². The molecular formula is C14H24N4O. The van der Waals surface area contributed by atoms with Crippen LogP contribution in [0.2, 0.25) is 0 Å². The van der Waals surface area contributed by atoms with Gasteiger partial charge in [-0.15, -0.1) is 0 Å². The lowest BCUT2D eigenvalue weighted by Crippen LogP contribution is -2.32. The Labute approximate surface area is 115 Å². The minimum absolute atomic E-state index is 0.349. The van der Waals surface area contributed by atoms with Gasteiger partial charge in [0.2, 0.25) is 5.95 Å². The van der Waals surface area contributed by atoms with E-state index in [1.165, 1.54) is 6.42 Å². The molecule has 1 atom stereocenters. The lowest BCUT2D eigenvalue weighted by atomic mass is 10.2. The molecule has 1 fully saturated rings. The molecule has 1 aliphatic heterocycles. The number of likely N-dealkylation sites (N-methyl/N-ethyl adjacent to an activating group) is 1. The Balaban J connectivity index is 2.00. The highest BCUT2D eigenvalue weighted by Gasteiger charge is 2.19. The highest BCUT2D eigenvalue weighted by atomic mass is 16.5. The Morgan fingerprint density at radius 3 is 3.05 bits per heavy atom. The largest absolute Gasteiger partial charge is 0.376 e. The second-order valence-corrected chi connectivity index (χ2v) is 4.84. The van der Waals surface area contributed by atoms with Crippen molar-refractivity contribution in [1.29, 1.82) is 0 Å². The van der Waals surface area contributed by atoms with Gasteiger partial charge in [0, 0.05) is 32.4 Å². The molecule has 2 heterocycles. The molecule has 0 spiro atoms. The summed E-state index contributed by atoms with van der Waals surface area (Å²) in [5.41, 5.74) is 0. The topological polar surface area (TPSA) is 50.3 Å². The van der Waals surface area contributed by atoms with Crippen molar-refractivity contribution in [1.82, 2.24) is 9.97 Å². The molecule has 0 amide bonds. The zero-order valence-electron chi connectivity index (χ0n) is 11.9. The summed E-state index contributed by atoms with van der Waals surface area (Å²) in [6, 6.07) is 1.97. The van der Waals surface area contributed by atoms with Gasteiger partial charge in [0.25, 0.3) is 0 Å². The Morgan fingerprint density at radius 1 is 1.47 bits per heavy atom. The smallest absolute Gasteiger partial charge is 0.224 e. The highest BCUT2D eigenvalue weighted by molar-refractivity contribution is 5.42. The molecule has 0 saturated carbocycles. The zero-order chi connectivity index (χ0) is 13.5. The molecule has 106 valence electrons. The number of nitrogens with one attached hydrogen (secondary N) is 1. The average molecular weight is 264 g/mol. The molecule has 0 aromatic carbocycles. The maximum Gasteiger partial charge on any atom is 0.224 e. The molecule has 1 saturated heterocycles. The van der Waals surface area contributed by atoms with E-state index in [9.17, 15) is 0 Å². The summed E-state index contributed by atoms with van der Waals surface area (Å²) < 4.78 is 5.70. The van der Waals surface area contributed by atoms with E-state index in [1.807, 2.05) is 12.3 Å². The van der Waals surface area contributed by atoms with E-state index in [-0.39, 0.29) is 0 Å². The fourth-order valence-electron chi connectivity index (χ4n) is 2.27. The van der Waals surface area contributed by atoms with Crippen LogP contribution in [-0.2, 0) is 4.74 Å². The van der Waals surface area contributed by atoms with Gasteiger partial charge in [0.05, 0.1) is 6.10 Å². The molecule has 0 radical (unpaired) electrons. The Bertz CT molecular complexity index is 379. The lowest BCUT2D eigenvalue weighted by Gasteiger charge is -2.25. The van der Waals surface area contributed by atoms with E-state index in [1.54, 1.807) is 0 Å². The van der Waals surface area contributed by atoms with Crippen LogP contribution in [0.3, 0.4) is 0 Å². The normalized spacial score (nSPS) is 18.5. The van der Waals surface area contributed by atoms with Crippen LogP contribution in [0.25, 0.3) is 0 Å². The summed E-state index contributed by atoms with van der Waals surface area (Å²) in [6.07, 6.45) is 5.57. The number of hydrogen-bond donors (Lipinski definition) is 1. The fourth-order valence-corrected chi connectivity index (χ4v) is 2.27. The Kier molecular flexibility index (Phi) is 5.39. The van der Waals surface area contributed by atoms with Gasteiger partial charge in [0.15, 0.2) is 0 Å². The number of hydrogen-bond acceptors (Lipinski definition) is 5. The predicted molar refractivity (Wildman–Crippen MR) is 77.7 cm³/mol. The summed E-state index contributed by atoms with van der Waals surface area (Å²) in [5.74, 6) is 1.69. The van der Waals surface area contributed by atoms with Gasteiger partial charge in [-0.25, -0.2) is 4.98 Å². The van der Waals surface area contributed by atoms with Crippen LogP contribution >= 0.6 is 0 Å². The van der Waals surface area contributed by atoms with E-state index in [4.69, 9.17) is 4.74 Å². The molecule has 1 unspecified atom stereocenters. The monoisotopic (exact) mass is 264 g/mol. The molecule has 5 nitrogen and oxygen atoms in total. The van der Waals surface area contributed by atoms with Gasteiger partial charge in [0.1, 0.15) is 5.82 Å². The van der Waals surface area contributed by atoms with Crippen LogP contribution < -0.4 is 10.2 Å². The van der Waals surface area contributed by atoms with E-state index >= 15 is 0 Å². The molecule has 0 bridgehead atoms. The molecule has 1 N–H and O–H groups in total. The van der Waals surface area contributed by atoms with Crippen LogP contribution in [0, 0.1) is 0 Å². The standard InChI is InChI=1S/C14H24N4O/c1-3-8-15-14-16-9-7-13(17-14)18(4-2)11-12-6-5-10-19-12/h7,9,12H,3-6,8,10-11H2,1-2H3,(H,15,16,17). The summed E-state index contributed by atoms with van der Waals surface area (Å²) in [6.45, 7) is 7.93. The first kappa shape index (κ1) is 14.1. The second kappa shape index (κ2) is 7.28. The minimum atomic E-state index is 0.349. The number of aromatic nitrogens is 2. The molecule has 2 rings (SSSR count). The van der Waals surface area contributed by atoms with Crippen LogP contribution in [0.15, 0.2) is 12.3 Å². The third-order valence-corrected chi connectivity index (χ3v) is 3.33. The first-order valence-corrected chi connectivity index (χ1v) is 7.27. The SMILES string of the molecule is CCCNc1nccc(N(CC)CC2CCCO2)n1. The number of anilines is 2. The number of rotatable bonds is 7. The average Bonchev–Trinajstić information content (AvgIpc) is 2.96. The van der Waals surface area contributed by atoms with Crippen molar-refractivity contribution in [2.75, 3.05) is 36.5 Å². The van der Waals surface area contributed by atoms with Crippen LogP contribution in [0.5, 0.6) is 0 Å². The van der Waals surface area contributed by atoms with Crippen LogP contribution in [0.4, 0.5) is 11.8 Å². The van der Waals surface area contributed by atoms with Gasteiger partial charge in [-0.3, -0.25) is 0 Å². The van der Waals surface area contributed by atoms with Crippen LogP contribution in [-0.4, -0.2) is 42.3 Å². The molecule has 5 heteroatoms. The van der Waals surface area contributed by atoms with Gasteiger partial charge in [-0.1, -0.05) is 6.92 Å². The van der Waals surface area contributed by atoms with Gasteiger partial charge < -0.3 is 15.0 Å². The molecule has 0 aliphatic carbocycles. The van der Waals surface area contributed by atoms with E-state index < -0.39 is 0 Å². The van der Waals surface area contributed by atoms with Crippen molar-refractivity contribution in [2.45, 2.75) is 39.2 Å². The number of ether oxygens (including phenoxy) is 1. The predicted octanol–water partition coefficient (Wildman–Crippen LogP) is 2.30. The first-order chi connectivity index (χ1) is 9.33. The maximum absolute atomic E-state index is 5.70. The van der Waals surface area contributed by atoms with Crippen molar-refractivity contribution >= 4 is 11.8 Å². The highest BCUT2D eigenvalue weighted by Crippen LogP contribution is 2.18. The van der Waals surface area contributed by atoms with Crippen LogP contribution in [0.1, 0.15) is 33.1 Å². The lowest BCUT2D eigenvalue weighted by molar-refractivity contribution is 0.115. The minimum Gasteiger partial charge on any atom is -0.376 e. The third kappa shape index (κ3) is 4.06. The van der Waals surface area contributed by atoms with Crippen molar-refractivity contribution in [2.24, 2.45) is 0 Å². The summed E-state index contributed by atoms with van der Waals surface area (Å²) in [5, 5.41) is 3.23. The molecule has 1 aromatic heterocycles. The summed E-state index contributed by atoms with van der Waals surface area (Å²) >= 11 is 0. The zero-order valence-corrected chi connectivity index (χ0v) is 11.9. The van der Waals surface area contributed by atoms with E-state index in [2.05, 4.69) is 34.0 Å².